The molecule has 0 spiro atoms. The molecule has 0 saturated heterocycles. The molecule has 0 heterocycles. The monoisotopic (exact) mass is 504 g/mol. The maximum atomic E-state index is 13.7. The zero-order chi connectivity index (χ0) is 25.9. The van der Waals surface area contributed by atoms with Crippen molar-refractivity contribution in [2.75, 3.05) is 12.9 Å². The lowest BCUT2D eigenvalue weighted by molar-refractivity contribution is -0.139. The number of thioether (sulfide) groups is 1. The van der Waals surface area contributed by atoms with Crippen molar-refractivity contribution in [3.8, 4) is 5.75 Å². The highest BCUT2D eigenvalue weighted by atomic mass is 32.2. The van der Waals surface area contributed by atoms with Crippen molar-refractivity contribution < 1.29 is 14.3 Å². The minimum atomic E-state index is -0.607. The van der Waals surface area contributed by atoms with Gasteiger partial charge in [0.2, 0.25) is 11.8 Å². The van der Waals surface area contributed by atoms with Gasteiger partial charge in [0.1, 0.15) is 11.8 Å². The largest absolute Gasteiger partial charge is 0.497 e. The lowest BCUT2D eigenvalue weighted by atomic mass is 10.0. The summed E-state index contributed by atoms with van der Waals surface area (Å²) in [7, 11) is 1.65. The number of nitrogens with one attached hydrogen (secondary N) is 1. The Morgan fingerprint density at radius 3 is 2.25 bits per heavy atom. The number of hydrogen-bond donors (Lipinski definition) is 1. The fraction of sp³-hybridized carbons (Fsp3) is 0.333. The fourth-order valence-electron chi connectivity index (χ4n) is 4.00. The molecule has 0 radical (unpaired) electrons. The zero-order valence-electron chi connectivity index (χ0n) is 21.6. The zero-order valence-corrected chi connectivity index (χ0v) is 22.4. The molecule has 0 aromatic heterocycles. The number of carbonyl (C=O) groups is 2. The van der Waals surface area contributed by atoms with Crippen LogP contribution in [-0.4, -0.2) is 41.7 Å². The number of methoxy groups -OCH3 is 1. The van der Waals surface area contributed by atoms with Crippen LogP contribution in [0.5, 0.6) is 5.75 Å². The number of rotatable bonds is 12. The second-order valence-electron chi connectivity index (χ2n) is 9.22. The van der Waals surface area contributed by atoms with Crippen LogP contribution in [0, 0.1) is 6.92 Å². The van der Waals surface area contributed by atoms with Crippen molar-refractivity contribution in [2.24, 2.45) is 0 Å². The van der Waals surface area contributed by atoms with Crippen LogP contribution in [-0.2, 0) is 28.3 Å². The highest BCUT2D eigenvalue weighted by Crippen LogP contribution is 2.20. The third kappa shape index (κ3) is 8.45. The van der Waals surface area contributed by atoms with E-state index in [0.29, 0.717) is 18.7 Å². The number of benzene rings is 3. The van der Waals surface area contributed by atoms with Gasteiger partial charge in [0, 0.05) is 24.8 Å². The van der Waals surface area contributed by atoms with E-state index in [0.717, 1.165) is 28.0 Å². The van der Waals surface area contributed by atoms with Gasteiger partial charge >= 0.3 is 0 Å². The van der Waals surface area contributed by atoms with Crippen LogP contribution in [0.25, 0.3) is 0 Å². The topological polar surface area (TPSA) is 58.6 Å². The summed E-state index contributed by atoms with van der Waals surface area (Å²) in [6, 6.07) is 25.2. The molecule has 0 fully saturated rings. The van der Waals surface area contributed by atoms with E-state index in [4.69, 9.17) is 4.74 Å². The quantitative estimate of drug-likeness (QED) is 0.359. The average molecular weight is 505 g/mol. The molecule has 6 heteroatoms. The van der Waals surface area contributed by atoms with E-state index < -0.39 is 6.04 Å². The molecule has 0 bridgehead atoms. The molecule has 5 nitrogen and oxygen atoms in total. The van der Waals surface area contributed by atoms with Gasteiger partial charge in [-0.3, -0.25) is 9.59 Å². The summed E-state index contributed by atoms with van der Waals surface area (Å²) in [5, 5.41) is 3.04. The van der Waals surface area contributed by atoms with Crippen LogP contribution in [0.15, 0.2) is 78.9 Å². The van der Waals surface area contributed by atoms with Crippen molar-refractivity contribution >= 4 is 23.6 Å². The van der Waals surface area contributed by atoms with Gasteiger partial charge in [-0.2, -0.15) is 0 Å². The van der Waals surface area contributed by atoms with E-state index in [1.54, 1.807) is 23.8 Å². The van der Waals surface area contributed by atoms with Crippen molar-refractivity contribution in [1.29, 1.82) is 0 Å². The second kappa shape index (κ2) is 13.7. The van der Waals surface area contributed by atoms with Gasteiger partial charge in [-0.25, -0.2) is 0 Å². The number of ether oxygens (including phenoxy) is 1. The summed E-state index contributed by atoms with van der Waals surface area (Å²) >= 11 is 1.56. The first-order valence-corrected chi connectivity index (χ1v) is 13.4. The molecule has 3 aromatic carbocycles. The van der Waals surface area contributed by atoms with Crippen LogP contribution >= 0.6 is 11.8 Å². The Bertz CT molecular complexity index is 1120. The Kier molecular flexibility index (Phi) is 10.4. The first-order chi connectivity index (χ1) is 17.4. The summed E-state index contributed by atoms with van der Waals surface area (Å²) in [4.78, 5) is 28.8. The van der Waals surface area contributed by atoms with Crippen LogP contribution < -0.4 is 10.1 Å². The van der Waals surface area contributed by atoms with E-state index >= 15 is 0 Å². The Morgan fingerprint density at radius 2 is 1.61 bits per heavy atom. The van der Waals surface area contributed by atoms with Gasteiger partial charge in [0.15, 0.2) is 0 Å². The van der Waals surface area contributed by atoms with Crippen LogP contribution in [0.2, 0.25) is 0 Å². The predicted molar refractivity (Wildman–Crippen MR) is 148 cm³/mol. The standard InChI is InChI=1S/C30H36N2O3S/c1-22(2)31-30(34)28(18-24-10-6-5-7-11-24)32(19-26-12-8-9-23(3)17-26)29(33)21-36-20-25-13-15-27(35-4)16-14-25/h5-17,22,28H,18-21H2,1-4H3,(H,31,34). The normalized spacial score (nSPS) is 11.7. The Hall–Kier alpha value is -3.25. The molecule has 2 amide bonds. The Labute approximate surface area is 219 Å². The summed E-state index contributed by atoms with van der Waals surface area (Å²) in [5.74, 6) is 1.63. The molecule has 3 rings (SSSR count). The Morgan fingerprint density at radius 1 is 0.917 bits per heavy atom. The molecule has 1 N–H and O–H groups in total. The van der Waals surface area contributed by atoms with Gasteiger partial charge in [-0.1, -0.05) is 72.3 Å². The van der Waals surface area contributed by atoms with Crippen LogP contribution in [0.4, 0.5) is 0 Å². The number of nitrogens with zero attached hydrogens (tertiary/aromatic N) is 1. The molecule has 36 heavy (non-hydrogen) atoms. The maximum absolute atomic E-state index is 13.7. The van der Waals surface area contributed by atoms with Crippen molar-refractivity contribution in [1.82, 2.24) is 10.2 Å². The SMILES string of the molecule is COc1ccc(CSCC(=O)N(Cc2cccc(C)c2)C(Cc2ccccc2)C(=O)NC(C)C)cc1. The average Bonchev–Trinajstić information content (AvgIpc) is 2.86. The third-order valence-electron chi connectivity index (χ3n) is 5.79. The minimum absolute atomic E-state index is 0.0175. The van der Waals surface area contributed by atoms with E-state index in [2.05, 4.69) is 11.4 Å². The lowest BCUT2D eigenvalue weighted by Gasteiger charge is -2.32. The summed E-state index contributed by atoms with van der Waals surface area (Å²) < 4.78 is 5.23. The molecule has 0 saturated carbocycles. The third-order valence-corrected chi connectivity index (χ3v) is 6.78. The van der Waals surface area contributed by atoms with Crippen LogP contribution in [0.3, 0.4) is 0 Å². The Balaban J connectivity index is 1.82. The molecule has 1 unspecified atom stereocenters. The highest BCUT2D eigenvalue weighted by molar-refractivity contribution is 7.99. The highest BCUT2D eigenvalue weighted by Gasteiger charge is 2.30. The maximum Gasteiger partial charge on any atom is 0.243 e. The summed E-state index contributed by atoms with van der Waals surface area (Å²) in [5.41, 5.74) is 4.28. The molecular weight excluding hydrogens is 468 g/mol. The number of carbonyl (C=O) groups excluding carboxylic acids is 2. The fourth-order valence-corrected chi connectivity index (χ4v) is 4.87. The molecule has 3 aromatic rings. The van der Waals surface area contributed by atoms with Crippen molar-refractivity contribution in [3.05, 3.63) is 101 Å². The van der Waals surface area contributed by atoms with E-state index in [9.17, 15) is 9.59 Å². The smallest absolute Gasteiger partial charge is 0.243 e. The summed E-state index contributed by atoms with van der Waals surface area (Å²) in [6.45, 7) is 6.30. The predicted octanol–water partition coefficient (Wildman–Crippen LogP) is 5.40. The molecule has 0 aliphatic rings. The van der Waals surface area contributed by atoms with Gasteiger partial charge in [0.25, 0.3) is 0 Å². The second-order valence-corrected chi connectivity index (χ2v) is 10.2. The van der Waals surface area contributed by atoms with E-state index in [1.807, 2.05) is 93.6 Å². The molecule has 190 valence electrons. The van der Waals surface area contributed by atoms with E-state index in [-0.39, 0.29) is 23.6 Å². The molecule has 1 atom stereocenters. The van der Waals surface area contributed by atoms with Gasteiger partial charge < -0.3 is 15.0 Å². The van der Waals surface area contributed by atoms with Gasteiger partial charge in [-0.05, 0) is 49.6 Å². The lowest BCUT2D eigenvalue weighted by Crippen LogP contribution is -2.52. The summed E-state index contributed by atoms with van der Waals surface area (Å²) in [6.07, 6.45) is 0.458. The van der Waals surface area contributed by atoms with E-state index in [1.165, 1.54) is 0 Å². The number of amides is 2. The van der Waals surface area contributed by atoms with Gasteiger partial charge in [-0.15, -0.1) is 11.8 Å². The molecule has 0 aliphatic carbocycles. The first kappa shape index (κ1) is 27.3. The van der Waals surface area contributed by atoms with Crippen molar-refractivity contribution in [2.45, 2.75) is 51.6 Å². The first-order valence-electron chi connectivity index (χ1n) is 12.3. The molecule has 0 aliphatic heterocycles. The van der Waals surface area contributed by atoms with Crippen LogP contribution in [0.1, 0.15) is 36.1 Å². The van der Waals surface area contributed by atoms with Gasteiger partial charge in [0.05, 0.1) is 12.9 Å². The minimum Gasteiger partial charge on any atom is -0.497 e. The van der Waals surface area contributed by atoms with Crippen molar-refractivity contribution in [3.63, 3.8) is 0 Å². The molecular formula is C30H36N2O3S. The number of aryl methyl sites for hydroxylation is 1. The number of hydrogen-bond acceptors (Lipinski definition) is 4.